The van der Waals surface area contributed by atoms with Crippen LogP contribution in [0.4, 0.5) is 10.2 Å². The van der Waals surface area contributed by atoms with E-state index in [4.69, 9.17) is 4.74 Å². The van der Waals surface area contributed by atoms with E-state index in [1.165, 1.54) is 23.9 Å². The molecule has 0 saturated carbocycles. The van der Waals surface area contributed by atoms with Crippen molar-refractivity contribution in [3.63, 3.8) is 0 Å². The smallest absolute Gasteiger partial charge is 0.257 e. The molecule has 2 heterocycles. The van der Waals surface area contributed by atoms with Crippen LogP contribution in [0.25, 0.3) is 0 Å². The number of hydrogen-bond acceptors (Lipinski definition) is 5. The van der Waals surface area contributed by atoms with E-state index in [1.807, 2.05) is 12.1 Å². The minimum atomic E-state index is -0.378. The molecular weight excluding hydrogens is 393 g/mol. The fraction of sp³-hybridized carbons (Fsp3) is 0.190. The van der Waals surface area contributed by atoms with Crippen molar-refractivity contribution in [1.82, 2.24) is 9.97 Å². The summed E-state index contributed by atoms with van der Waals surface area (Å²) < 4.78 is 18.2. The van der Waals surface area contributed by atoms with E-state index in [0.29, 0.717) is 22.2 Å². The van der Waals surface area contributed by atoms with Crippen molar-refractivity contribution in [1.29, 1.82) is 0 Å². The summed E-state index contributed by atoms with van der Waals surface area (Å²) >= 11 is 1.31. The Morgan fingerprint density at radius 3 is 2.55 bits per heavy atom. The number of carbonyl (C=O) groups is 1. The predicted molar refractivity (Wildman–Crippen MR) is 109 cm³/mol. The first-order valence-electron chi connectivity index (χ1n) is 8.99. The topological polar surface area (TPSA) is 84.1 Å². The van der Waals surface area contributed by atoms with E-state index >= 15 is 0 Å². The second kappa shape index (κ2) is 8.08. The van der Waals surface area contributed by atoms with Crippen LogP contribution >= 0.6 is 11.8 Å². The number of nitrogens with one attached hydrogen (secondary N) is 2. The maximum Gasteiger partial charge on any atom is 0.257 e. The molecule has 3 aromatic rings. The van der Waals surface area contributed by atoms with E-state index < -0.39 is 0 Å². The molecule has 148 valence electrons. The third kappa shape index (κ3) is 4.17. The highest BCUT2D eigenvalue weighted by molar-refractivity contribution is 7.98. The molecule has 6 nitrogen and oxygen atoms in total. The number of nitrogens with zero attached hydrogens (tertiary/aromatic N) is 1. The van der Waals surface area contributed by atoms with Crippen molar-refractivity contribution in [3.8, 4) is 5.75 Å². The summed E-state index contributed by atoms with van der Waals surface area (Å²) in [5.74, 6) is 0.633. The van der Waals surface area contributed by atoms with Crippen LogP contribution in [0, 0.1) is 5.82 Å². The van der Waals surface area contributed by atoms with E-state index in [1.54, 1.807) is 31.4 Å². The SMILES string of the molecule is COc1ccc(C2CC(=O)Nc3nc(SCc4ccc(F)cc4)[nH]c(=O)c32)cc1. The lowest BCUT2D eigenvalue weighted by Gasteiger charge is -2.24. The van der Waals surface area contributed by atoms with Crippen molar-refractivity contribution in [2.75, 3.05) is 12.4 Å². The van der Waals surface area contributed by atoms with Gasteiger partial charge in [-0.2, -0.15) is 0 Å². The van der Waals surface area contributed by atoms with Gasteiger partial charge in [-0.1, -0.05) is 36.0 Å². The fourth-order valence-corrected chi connectivity index (χ4v) is 4.09. The van der Waals surface area contributed by atoms with Crippen LogP contribution in [0.1, 0.15) is 29.0 Å². The Kier molecular flexibility index (Phi) is 5.35. The third-order valence-corrected chi connectivity index (χ3v) is 5.68. The Bertz CT molecular complexity index is 1100. The Morgan fingerprint density at radius 1 is 1.14 bits per heavy atom. The highest BCUT2D eigenvalue weighted by Crippen LogP contribution is 2.35. The quantitative estimate of drug-likeness (QED) is 0.494. The van der Waals surface area contributed by atoms with Gasteiger partial charge in [0.25, 0.3) is 5.56 Å². The number of fused-ring (bicyclic) bond motifs is 1. The Balaban J connectivity index is 1.62. The minimum absolute atomic E-state index is 0.173. The molecule has 0 radical (unpaired) electrons. The fourth-order valence-electron chi connectivity index (χ4n) is 3.27. The summed E-state index contributed by atoms with van der Waals surface area (Å²) in [5, 5.41) is 3.11. The van der Waals surface area contributed by atoms with Gasteiger partial charge in [0.1, 0.15) is 17.4 Å². The van der Waals surface area contributed by atoms with Crippen LogP contribution in [0.3, 0.4) is 0 Å². The summed E-state index contributed by atoms with van der Waals surface area (Å²) in [6.07, 6.45) is 0.173. The summed E-state index contributed by atoms with van der Waals surface area (Å²) in [7, 11) is 1.58. The van der Waals surface area contributed by atoms with Gasteiger partial charge in [0.05, 0.1) is 12.7 Å². The number of ether oxygens (including phenoxy) is 1. The van der Waals surface area contributed by atoms with Crippen LogP contribution < -0.4 is 15.6 Å². The molecular formula is C21H18FN3O3S. The lowest BCUT2D eigenvalue weighted by Crippen LogP contribution is -2.31. The predicted octanol–water partition coefficient (Wildman–Crippen LogP) is 3.68. The number of methoxy groups -OCH3 is 1. The van der Waals surface area contributed by atoms with Crippen LogP contribution in [0.2, 0.25) is 0 Å². The highest BCUT2D eigenvalue weighted by atomic mass is 32.2. The van der Waals surface area contributed by atoms with E-state index in [2.05, 4.69) is 15.3 Å². The third-order valence-electron chi connectivity index (χ3n) is 4.74. The van der Waals surface area contributed by atoms with Gasteiger partial charge in [0.2, 0.25) is 5.91 Å². The van der Waals surface area contributed by atoms with E-state index in [0.717, 1.165) is 11.1 Å². The lowest BCUT2D eigenvalue weighted by atomic mass is 9.87. The van der Waals surface area contributed by atoms with E-state index in [9.17, 15) is 14.0 Å². The van der Waals surface area contributed by atoms with Crippen LogP contribution in [-0.4, -0.2) is 23.0 Å². The first-order valence-corrected chi connectivity index (χ1v) is 9.97. The summed E-state index contributed by atoms with van der Waals surface area (Å²) in [6.45, 7) is 0. The number of H-pyrrole nitrogens is 1. The molecule has 1 aliphatic heterocycles. The van der Waals surface area contributed by atoms with Gasteiger partial charge in [-0.3, -0.25) is 9.59 Å². The second-order valence-corrected chi connectivity index (χ2v) is 7.59. The summed E-state index contributed by atoms with van der Waals surface area (Å²) in [5.41, 5.74) is 1.91. The number of rotatable bonds is 5. The molecule has 2 N–H and O–H groups in total. The molecule has 0 aliphatic carbocycles. The molecule has 8 heteroatoms. The normalized spacial score (nSPS) is 15.5. The summed E-state index contributed by atoms with van der Waals surface area (Å²) in [6, 6.07) is 13.4. The molecule has 4 rings (SSSR count). The van der Waals surface area contributed by atoms with E-state index in [-0.39, 0.29) is 35.4 Å². The second-order valence-electron chi connectivity index (χ2n) is 6.63. The molecule has 1 aromatic heterocycles. The van der Waals surface area contributed by atoms with Crippen LogP contribution in [0.15, 0.2) is 58.5 Å². The molecule has 0 bridgehead atoms. The number of amides is 1. The van der Waals surface area contributed by atoms with Gasteiger partial charge in [-0.25, -0.2) is 9.37 Å². The lowest BCUT2D eigenvalue weighted by molar-refractivity contribution is -0.116. The number of benzene rings is 2. The van der Waals surface area contributed by atoms with Crippen molar-refractivity contribution in [2.24, 2.45) is 0 Å². The number of hydrogen-bond donors (Lipinski definition) is 2. The van der Waals surface area contributed by atoms with Crippen molar-refractivity contribution in [3.05, 3.63) is 81.4 Å². The molecule has 0 fully saturated rings. The molecule has 1 unspecified atom stereocenters. The van der Waals surface area contributed by atoms with Crippen molar-refractivity contribution < 1.29 is 13.9 Å². The zero-order valence-electron chi connectivity index (χ0n) is 15.6. The zero-order chi connectivity index (χ0) is 20.4. The van der Waals surface area contributed by atoms with Gasteiger partial charge >= 0.3 is 0 Å². The van der Waals surface area contributed by atoms with Crippen LogP contribution in [0.5, 0.6) is 5.75 Å². The molecule has 0 saturated heterocycles. The van der Waals surface area contributed by atoms with Crippen molar-refractivity contribution >= 4 is 23.5 Å². The standard InChI is InChI=1S/C21H18FN3O3S/c1-28-15-8-4-13(5-9-15)16-10-17(26)23-19-18(16)20(27)25-21(24-19)29-11-12-2-6-14(22)7-3-12/h2-9,16H,10-11H2,1H3,(H2,23,24,25,26,27). The molecule has 0 spiro atoms. The summed E-state index contributed by atoms with van der Waals surface area (Å²) in [4.78, 5) is 32.3. The number of carbonyl (C=O) groups excluding carboxylic acids is 1. The largest absolute Gasteiger partial charge is 0.497 e. The monoisotopic (exact) mass is 411 g/mol. The number of aromatic amines is 1. The van der Waals surface area contributed by atoms with Gasteiger partial charge in [0.15, 0.2) is 5.16 Å². The highest BCUT2D eigenvalue weighted by Gasteiger charge is 2.31. The molecule has 29 heavy (non-hydrogen) atoms. The van der Waals surface area contributed by atoms with Crippen molar-refractivity contribution in [2.45, 2.75) is 23.2 Å². The van der Waals surface area contributed by atoms with Gasteiger partial charge in [0, 0.05) is 18.1 Å². The Labute approximate surface area is 170 Å². The zero-order valence-corrected chi connectivity index (χ0v) is 16.4. The minimum Gasteiger partial charge on any atom is -0.497 e. The molecule has 1 atom stereocenters. The number of thioether (sulfide) groups is 1. The van der Waals surface area contributed by atoms with Crippen LogP contribution in [-0.2, 0) is 10.5 Å². The average molecular weight is 411 g/mol. The molecule has 2 aromatic carbocycles. The Morgan fingerprint density at radius 2 is 1.86 bits per heavy atom. The first kappa shape index (κ1) is 19.2. The molecule has 1 aliphatic rings. The number of anilines is 1. The average Bonchev–Trinajstić information content (AvgIpc) is 2.72. The van der Waals surface area contributed by atoms with Gasteiger partial charge in [-0.15, -0.1) is 0 Å². The number of halogens is 1. The number of aromatic nitrogens is 2. The van der Waals surface area contributed by atoms with Gasteiger partial charge in [-0.05, 0) is 35.4 Å². The van der Waals surface area contributed by atoms with Gasteiger partial charge < -0.3 is 15.0 Å². The first-order chi connectivity index (χ1) is 14.0. The molecule has 1 amide bonds. The Hall–Kier alpha value is -3.13. The maximum absolute atomic E-state index is 13.0. The maximum atomic E-state index is 13.0.